The van der Waals surface area contributed by atoms with Crippen LogP contribution in [-0.4, -0.2) is 36.5 Å². The number of aliphatic hydroxyl groups is 2. The van der Waals surface area contributed by atoms with Crippen LogP contribution in [0.2, 0.25) is 0 Å². The van der Waals surface area contributed by atoms with Crippen molar-refractivity contribution in [2.45, 2.75) is 25.7 Å². The highest BCUT2D eigenvalue weighted by atomic mass is 16.3. The second-order valence-corrected chi connectivity index (χ2v) is 2.44. The Morgan fingerprint density at radius 1 is 0.667 bits per heavy atom. The maximum absolute atomic E-state index is 8.14. The molecule has 12 heavy (non-hydrogen) atoms. The quantitative estimate of drug-likeness (QED) is 0.410. The Morgan fingerprint density at radius 2 is 1.00 bits per heavy atom. The Labute approximate surface area is 74.6 Å². The van der Waals surface area contributed by atoms with Crippen molar-refractivity contribution in [3.05, 3.63) is 0 Å². The highest BCUT2D eigenvalue weighted by molar-refractivity contribution is 4.35. The van der Waals surface area contributed by atoms with Crippen molar-refractivity contribution in [3.63, 3.8) is 0 Å². The van der Waals surface area contributed by atoms with E-state index in [4.69, 9.17) is 21.7 Å². The summed E-state index contributed by atoms with van der Waals surface area (Å²) in [6, 6.07) is 0. The van der Waals surface area contributed by atoms with Gasteiger partial charge in [0.1, 0.15) is 0 Å². The topological polar surface area (TPSA) is 92.5 Å². The van der Waals surface area contributed by atoms with E-state index in [0.717, 1.165) is 25.7 Å². The predicted octanol–water partition coefficient (Wildman–Crippen LogP) is -0.565. The van der Waals surface area contributed by atoms with Crippen molar-refractivity contribution in [2.75, 3.05) is 26.3 Å². The van der Waals surface area contributed by atoms with Crippen LogP contribution in [0.25, 0.3) is 0 Å². The van der Waals surface area contributed by atoms with E-state index in [2.05, 4.69) is 0 Å². The number of rotatable bonds is 6. The van der Waals surface area contributed by atoms with E-state index in [1.165, 1.54) is 0 Å². The molecule has 0 aliphatic rings. The smallest absolute Gasteiger partial charge is 0.0431 e. The largest absolute Gasteiger partial charge is 0.396 e. The van der Waals surface area contributed by atoms with Gasteiger partial charge < -0.3 is 21.7 Å². The van der Waals surface area contributed by atoms with Crippen LogP contribution in [0.15, 0.2) is 0 Å². The zero-order chi connectivity index (χ0) is 9.66. The van der Waals surface area contributed by atoms with Crippen LogP contribution >= 0.6 is 0 Å². The summed E-state index contributed by atoms with van der Waals surface area (Å²) in [5.74, 6) is 0. The van der Waals surface area contributed by atoms with Crippen molar-refractivity contribution in [1.82, 2.24) is 0 Å². The van der Waals surface area contributed by atoms with Crippen molar-refractivity contribution in [2.24, 2.45) is 11.5 Å². The summed E-state index contributed by atoms with van der Waals surface area (Å²) in [5, 5.41) is 16.3. The second-order valence-electron chi connectivity index (χ2n) is 2.44. The van der Waals surface area contributed by atoms with Gasteiger partial charge in [-0.25, -0.2) is 0 Å². The Balaban J connectivity index is 0. The van der Waals surface area contributed by atoms with Crippen LogP contribution in [0, 0.1) is 0 Å². The van der Waals surface area contributed by atoms with Gasteiger partial charge in [0.2, 0.25) is 0 Å². The van der Waals surface area contributed by atoms with Gasteiger partial charge in [-0.05, 0) is 38.8 Å². The van der Waals surface area contributed by atoms with Crippen LogP contribution in [0.1, 0.15) is 25.7 Å². The third-order valence-electron chi connectivity index (χ3n) is 1.22. The van der Waals surface area contributed by atoms with Gasteiger partial charge in [0.15, 0.2) is 0 Å². The summed E-state index contributed by atoms with van der Waals surface area (Å²) in [6.45, 7) is 1.94. The molecule has 0 amide bonds. The van der Waals surface area contributed by atoms with Gasteiger partial charge in [-0.3, -0.25) is 0 Å². The fraction of sp³-hybridized carbons (Fsp3) is 1.00. The molecule has 0 radical (unpaired) electrons. The number of nitrogens with two attached hydrogens (primary N) is 2. The van der Waals surface area contributed by atoms with E-state index < -0.39 is 0 Å². The van der Waals surface area contributed by atoms with E-state index >= 15 is 0 Å². The summed E-state index contributed by atoms with van der Waals surface area (Å²) < 4.78 is 0. The summed E-state index contributed by atoms with van der Waals surface area (Å²) in [6.07, 6.45) is 3.57. The molecule has 0 saturated heterocycles. The van der Waals surface area contributed by atoms with Crippen molar-refractivity contribution in [1.29, 1.82) is 0 Å². The van der Waals surface area contributed by atoms with Crippen molar-refractivity contribution < 1.29 is 10.2 Å². The molecule has 0 spiro atoms. The number of aliphatic hydroxyl groups excluding tert-OH is 2. The average molecular weight is 178 g/mol. The van der Waals surface area contributed by atoms with E-state index in [0.29, 0.717) is 13.1 Å². The molecule has 6 N–H and O–H groups in total. The molecule has 0 aromatic heterocycles. The Hall–Kier alpha value is -0.160. The van der Waals surface area contributed by atoms with Crippen LogP contribution in [0.3, 0.4) is 0 Å². The summed E-state index contributed by atoms with van der Waals surface area (Å²) in [4.78, 5) is 0. The van der Waals surface area contributed by atoms with Gasteiger partial charge >= 0.3 is 0 Å². The standard InChI is InChI=1S/2C4H11NO/c2*5-3-1-2-4-6/h2*6H,1-5H2. The van der Waals surface area contributed by atoms with Gasteiger partial charge in [-0.15, -0.1) is 0 Å². The average Bonchev–Trinajstić information content (AvgIpc) is 2.12. The molecule has 0 aliphatic heterocycles. The number of hydrogen-bond acceptors (Lipinski definition) is 4. The Kier molecular flexibility index (Phi) is 20.4. The highest BCUT2D eigenvalue weighted by Gasteiger charge is 1.76. The summed E-state index contributed by atoms with van der Waals surface area (Å²) >= 11 is 0. The zero-order valence-electron chi connectivity index (χ0n) is 7.71. The van der Waals surface area contributed by atoms with Gasteiger partial charge in [0.05, 0.1) is 0 Å². The third-order valence-corrected chi connectivity index (χ3v) is 1.22. The minimum absolute atomic E-state index is 0.275. The lowest BCUT2D eigenvalue weighted by molar-refractivity contribution is 0.285. The first-order valence-electron chi connectivity index (χ1n) is 4.45. The molecular formula is C8H22N2O2. The molecule has 76 valence electrons. The number of unbranched alkanes of at least 4 members (excludes halogenated alkanes) is 2. The first-order chi connectivity index (χ1) is 5.83. The lowest BCUT2D eigenvalue weighted by Crippen LogP contribution is -1.98. The molecule has 0 bridgehead atoms. The summed E-state index contributed by atoms with van der Waals surface area (Å²) in [7, 11) is 0. The molecule has 0 saturated carbocycles. The van der Waals surface area contributed by atoms with Gasteiger partial charge in [0, 0.05) is 13.2 Å². The van der Waals surface area contributed by atoms with Crippen LogP contribution < -0.4 is 11.5 Å². The normalized spacial score (nSPS) is 9.00. The highest BCUT2D eigenvalue weighted by Crippen LogP contribution is 1.79. The lowest BCUT2D eigenvalue weighted by atomic mass is 10.3. The maximum Gasteiger partial charge on any atom is 0.0431 e. The molecule has 0 fully saturated rings. The van der Waals surface area contributed by atoms with Gasteiger partial charge in [-0.2, -0.15) is 0 Å². The van der Waals surface area contributed by atoms with Crippen molar-refractivity contribution >= 4 is 0 Å². The fourth-order valence-electron chi connectivity index (χ4n) is 0.512. The van der Waals surface area contributed by atoms with Crippen molar-refractivity contribution in [3.8, 4) is 0 Å². The Morgan fingerprint density at radius 3 is 1.08 bits per heavy atom. The molecule has 0 aliphatic carbocycles. The van der Waals surface area contributed by atoms with Crippen LogP contribution in [-0.2, 0) is 0 Å². The van der Waals surface area contributed by atoms with E-state index in [1.807, 2.05) is 0 Å². The second kappa shape index (κ2) is 17.1. The molecular weight excluding hydrogens is 156 g/mol. The van der Waals surface area contributed by atoms with E-state index in [-0.39, 0.29) is 13.2 Å². The minimum Gasteiger partial charge on any atom is -0.396 e. The molecule has 4 nitrogen and oxygen atoms in total. The molecule has 0 atom stereocenters. The SMILES string of the molecule is NCCCCO.NCCCCO. The molecule has 4 heteroatoms. The number of hydrogen-bond donors (Lipinski definition) is 4. The first-order valence-corrected chi connectivity index (χ1v) is 4.45. The molecule has 0 rings (SSSR count). The Bertz CT molecular complexity index is 47.0. The van der Waals surface area contributed by atoms with E-state index in [9.17, 15) is 0 Å². The van der Waals surface area contributed by atoms with Gasteiger partial charge in [-0.1, -0.05) is 0 Å². The minimum atomic E-state index is 0.275. The monoisotopic (exact) mass is 178 g/mol. The fourth-order valence-corrected chi connectivity index (χ4v) is 0.512. The molecule has 0 unspecified atom stereocenters. The molecule has 0 heterocycles. The first kappa shape index (κ1) is 14.4. The maximum atomic E-state index is 8.14. The summed E-state index contributed by atoms with van der Waals surface area (Å²) in [5.41, 5.74) is 10.2. The van der Waals surface area contributed by atoms with Gasteiger partial charge in [0.25, 0.3) is 0 Å². The third kappa shape index (κ3) is 22.5. The van der Waals surface area contributed by atoms with E-state index in [1.54, 1.807) is 0 Å². The predicted molar refractivity (Wildman–Crippen MR) is 50.7 cm³/mol. The molecule has 0 aromatic rings. The van der Waals surface area contributed by atoms with Crippen LogP contribution in [0.4, 0.5) is 0 Å². The lowest BCUT2D eigenvalue weighted by Gasteiger charge is -1.86. The molecule has 0 aromatic carbocycles. The zero-order valence-corrected chi connectivity index (χ0v) is 7.71. The van der Waals surface area contributed by atoms with Crippen LogP contribution in [0.5, 0.6) is 0 Å².